The Hall–Kier alpha value is -0.840. The molecule has 0 aliphatic rings. The van der Waals surface area contributed by atoms with Crippen LogP contribution in [0.2, 0.25) is 0 Å². The normalized spacial score (nSPS) is 12.8. The highest BCUT2D eigenvalue weighted by molar-refractivity contribution is 4.50. The van der Waals surface area contributed by atoms with E-state index in [2.05, 4.69) is 11.8 Å². The Bertz CT molecular complexity index is 81.4. The molecule has 0 bridgehead atoms. The first-order valence-corrected chi connectivity index (χ1v) is 1.91. The van der Waals surface area contributed by atoms with Gasteiger partial charge in [0.1, 0.15) is 6.61 Å². The Morgan fingerprint density at radius 3 is 2.62 bits per heavy atom. The Labute approximate surface area is 46.0 Å². The number of nitrogens with zero attached hydrogens (tertiary/aromatic N) is 1. The Morgan fingerprint density at radius 2 is 2.50 bits per heavy atom. The zero-order chi connectivity index (χ0) is 6.57. The number of hydrogen-bond acceptors (Lipinski definition) is 4. The van der Waals surface area contributed by atoms with E-state index in [0.717, 1.165) is 0 Å². The van der Waals surface area contributed by atoms with Crippen molar-refractivity contribution < 1.29 is 15.0 Å². The third-order valence-corrected chi connectivity index (χ3v) is 0.372. The van der Waals surface area contributed by atoms with Gasteiger partial charge in [-0.3, -0.25) is 0 Å². The average molecular weight is 120 g/mol. The van der Waals surface area contributed by atoms with Crippen molar-refractivity contribution in [3.8, 4) is 0 Å². The van der Waals surface area contributed by atoms with Crippen molar-refractivity contribution in [2.75, 3.05) is 6.61 Å². The Morgan fingerprint density at radius 1 is 2.00 bits per heavy atom. The van der Waals surface area contributed by atoms with Crippen LogP contribution in [0.25, 0.3) is 0 Å². The van der Waals surface area contributed by atoms with E-state index in [1.165, 1.54) is 0 Å². The van der Waals surface area contributed by atoms with Gasteiger partial charge < -0.3 is 9.94 Å². The summed E-state index contributed by atoms with van der Waals surface area (Å²) in [6.07, 6.45) is -1.03. The lowest BCUT2D eigenvalue weighted by atomic mass is 10.5. The minimum atomic E-state index is -1.03. The molecule has 1 N–H and O–H groups in total. The number of aliphatic hydroxyl groups excluding tert-OH is 1. The standard InChI is InChI=1S/C3H6NO4/c1-3(5)2-8-4(6)7/h3,5H,1-2H2/t3-/m1/s1. The molecule has 0 aromatic heterocycles. The van der Waals surface area contributed by atoms with Gasteiger partial charge in [0.2, 0.25) is 0 Å². The first-order chi connectivity index (χ1) is 3.63. The molecular formula is C3H6NO4. The predicted octanol–water partition coefficient (Wildman–Crippen LogP) is -0.610. The summed E-state index contributed by atoms with van der Waals surface area (Å²) in [6, 6.07) is 0. The largest absolute Gasteiger partial charge is 0.391 e. The quantitative estimate of drug-likeness (QED) is 0.398. The van der Waals surface area contributed by atoms with Crippen LogP contribution in [0.3, 0.4) is 0 Å². The zero-order valence-electron chi connectivity index (χ0n) is 4.11. The SMILES string of the molecule is [CH2][C@@H](O)CO[N+](=O)[O-]. The summed E-state index contributed by atoms with van der Waals surface area (Å²) in [4.78, 5) is 13.1. The van der Waals surface area contributed by atoms with Crippen molar-refractivity contribution in [3.05, 3.63) is 17.0 Å². The monoisotopic (exact) mass is 120 g/mol. The van der Waals surface area contributed by atoms with Gasteiger partial charge in [-0.1, -0.05) is 0 Å². The molecule has 0 amide bonds. The van der Waals surface area contributed by atoms with Crippen molar-refractivity contribution >= 4 is 0 Å². The molecule has 0 aliphatic carbocycles. The summed E-state index contributed by atoms with van der Waals surface area (Å²) in [5.41, 5.74) is 0. The van der Waals surface area contributed by atoms with Gasteiger partial charge in [-0.15, -0.1) is 10.1 Å². The molecular weight excluding hydrogens is 114 g/mol. The van der Waals surface area contributed by atoms with Gasteiger partial charge in [0.15, 0.2) is 0 Å². The number of rotatable bonds is 3. The second-order valence-electron chi connectivity index (χ2n) is 1.17. The fourth-order valence-electron chi connectivity index (χ4n) is 0.147. The van der Waals surface area contributed by atoms with Gasteiger partial charge in [0.05, 0.1) is 6.10 Å². The third-order valence-electron chi connectivity index (χ3n) is 0.372. The van der Waals surface area contributed by atoms with Gasteiger partial charge in [-0.25, -0.2) is 0 Å². The second-order valence-corrected chi connectivity index (χ2v) is 1.17. The van der Waals surface area contributed by atoms with Gasteiger partial charge in [-0.05, 0) is 6.92 Å². The molecule has 0 aliphatic heterocycles. The van der Waals surface area contributed by atoms with E-state index in [1.807, 2.05) is 0 Å². The lowest BCUT2D eigenvalue weighted by Crippen LogP contribution is -2.13. The van der Waals surface area contributed by atoms with E-state index in [-0.39, 0.29) is 6.61 Å². The molecule has 0 unspecified atom stereocenters. The van der Waals surface area contributed by atoms with Crippen molar-refractivity contribution in [2.24, 2.45) is 0 Å². The van der Waals surface area contributed by atoms with Crippen LogP contribution in [0.1, 0.15) is 0 Å². The van der Waals surface area contributed by atoms with Crippen LogP contribution in [0.15, 0.2) is 0 Å². The Kier molecular flexibility index (Phi) is 2.86. The lowest BCUT2D eigenvalue weighted by Gasteiger charge is -1.98. The molecule has 0 rings (SSSR count). The van der Waals surface area contributed by atoms with E-state index < -0.39 is 11.2 Å². The molecule has 47 valence electrons. The number of hydrogen-bond donors (Lipinski definition) is 1. The molecule has 5 heteroatoms. The maximum Gasteiger partial charge on any atom is 0.294 e. The van der Waals surface area contributed by atoms with Gasteiger partial charge in [-0.2, -0.15) is 0 Å². The molecule has 1 atom stereocenters. The molecule has 0 saturated carbocycles. The molecule has 0 spiro atoms. The molecule has 0 aromatic carbocycles. The fraction of sp³-hybridized carbons (Fsp3) is 0.667. The van der Waals surface area contributed by atoms with Crippen LogP contribution < -0.4 is 0 Å². The summed E-state index contributed by atoms with van der Waals surface area (Å²) >= 11 is 0. The summed E-state index contributed by atoms with van der Waals surface area (Å²) < 4.78 is 0. The molecule has 8 heavy (non-hydrogen) atoms. The van der Waals surface area contributed by atoms with E-state index in [1.54, 1.807) is 0 Å². The summed E-state index contributed by atoms with van der Waals surface area (Å²) in [5, 5.41) is 16.6. The van der Waals surface area contributed by atoms with Gasteiger partial charge in [0, 0.05) is 0 Å². The van der Waals surface area contributed by atoms with Crippen LogP contribution in [0, 0.1) is 17.0 Å². The predicted molar refractivity (Wildman–Crippen MR) is 24.3 cm³/mol. The molecule has 0 saturated heterocycles. The highest BCUT2D eigenvalue weighted by atomic mass is 17.0. The molecule has 5 nitrogen and oxygen atoms in total. The van der Waals surface area contributed by atoms with E-state index in [9.17, 15) is 10.1 Å². The highest BCUT2D eigenvalue weighted by Crippen LogP contribution is 1.80. The van der Waals surface area contributed by atoms with Crippen LogP contribution in [-0.2, 0) is 4.84 Å². The summed E-state index contributed by atoms with van der Waals surface area (Å²) in [7, 11) is 0. The van der Waals surface area contributed by atoms with Crippen LogP contribution in [-0.4, -0.2) is 22.9 Å². The van der Waals surface area contributed by atoms with Crippen LogP contribution in [0.5, 0.6) is 0 Å². The van der Waals surface area contributed by atoms with Crippen molar-refractivity contribution in [1.29, 1.82) is 0 Å². The van der Waals surface area contributed by atoms with E-state index in [0.29, 0.717) is 0 Å². The lowest BCUT2D eigenvalue weighted by molar-refractivity contribution is -0.759. The zero-order valence-corrected chi connectivity index (χ0v) is 4.11. The smallest absolute Gasteiger partial charge is 0.294 e. The maximum atomic E-state index is 9.35. The van der Waals surface area contributed by atoms with Crippen molar-refractivity contribution in [1.82, 2.24) is 0 Å². The summed E-state index contributed by atoms with van der Waals surface area (Å²) in [6.45, 7) is 2.67. The van der Waals surface area contributed by atoms with E-state index in [4.69, 9.17) is 5.11 Å². The van der Waals surface area contributed by atoms with Crippen LogP contribution in [0.4, 0.5) is 0 Å². The highest BCUT2D eigenvalue weighted by Gasteiger charge is 1.97. The minimum Gasteiger partial charge on any atom is -0.391 e. The summed E-state index contributed by atoms with van der Waals surface area (Å²) in [5.74, 6) is 0. The molecule has 0 aromatic rings. The van der Waals surface area contributed by atoms with Gasteiger partial charge >= 0.3 is 0 Å². The average Bonchev–Trinajstić information content (AvgIpc) is 1.61. The topological polar surface area (TPSA) is 72.6 Å². The number of aliphatic hydroxyl groups is 1. The van der Waals surface area contributed by atoms with Crippen molar-refractivity contribution in [3.63, 3.8) is 0 Å². The Balaban J connectivity index is 3.05. The fourth-order valence-corrected chi connectivity index (χ4v) is 0.147. The molecule has 0 heterocycles. The first kappa shape index (κ1) is 7.16. The molecule has 0 fully saturated rings. The van der Waals surface area contributed by atoms with Crippen molar-refractivity contribution in [2.45, 2.75) is 6.10 Å². The maximum absolute atomic E-state index is 9.35. The second kappa shape index (κ2) is 3.20. The minimum absolute atomic E-state index is 0.368. The van der Waals surface area contributed by atoms with Crippen LogP contribution >= 0.6 is 0 Å². The molecule has 1 radical (unpaired) electrons. The van der Waals surface area contributed by atoms with E-state index >= 15 is 0 Å². The first-order valence-electron chi connectivity index (χ1n) is 1.91. The third kappa shape index (κ3) is 5.16. The van der Waals surface area contributed by atoms with Gasteiger partial charge in [0.25, 0.3) is 5.09 Å².